The third-order valence-electron chi connectivity index (χ3n) is 4.38. The van der Waals surface area contributed by atoms with Crippen molar-refractivity contribution < 1.29 is 34.8 Å². The fourth-order valence-corrected chi connectivity index (χ4v) is 4.49. The molecule has 0 saturated heterocycles. The minimum atomic E-state index is -4.90. The highest BCUT2D eigenvalue weighted by atomic mass is 32.2. The van der Waals surface area contributed by atoms with Crippen molar-refractivity contribution in [3.63, 3.8) is 0 Å². The molecule has 3 aromatic heterocycles. The molecular weight excluding hydrogens is 506 g/mol. The highest BCUT2D eigenvalue weighted by molar-refractivity contribution is 7.91. The Labute approximate surface area is 191 Å². The topological polar surface area (TPSA) is 90.4 Å². The molecule has 0 atom stereocenters. The normalized spacial score (nSPS) is 12.6. The number of nitrogens with zero attached hydrogens (tertiary/aromatic N) is 3. The molecule has 0 bridgehead atoms. The molecule has 34 heavy (non-hydrogen) atoms. The van der Waals surface area contributed by atoms with Crippen molar-refractivity contribution in [2.45, 2.75) is 16.6 Å². The maximum absolute atomic E-state index is 13.7. The van der Waals surface area contributed by atoms with Gasteiger partial charge in [-0.1, -0.05) is 12.1 Å². The average molecular weight is 516 g/mol. The first-order valence-corrected chi connectivity index (χ1v) is 11.4. The zero-order chi connectivity index (χ0) is 24.9. The van der Waals surface area contributed by atoms with Crippen LogP contribution < -0.4 is 5.14 Å². The largest absolute Gasteiger partial charge is 0.433 e. The van der Waals surface area contributed by atoms with Crippen molar-refractivity contribution in [1.82, 2.24) is 14.6 Å². The van der Waals surface area contributed by atoms with Crippen LogP contribution in [0.3, 0.4) is 0 Å². The smallest absolute Gasteiger partial charge is 0.228 e. The number of hydrogen-bond acceptors (Lipinski definition) is 5. The number of sulfonamides is 1. The molecule has 6 nitrogen and oxygen atoms in total. The number of alkyl halides is 6. The van der Waals surface area contributed by atoms with E-state index in [1.165, 1.54) is 18.2 Å². The first-order chi connectivity index (χ1) is 15.7. The van der Waals surface area contributed by atoms with Crippen molar-refractivity contribution >= 4 is 27.0 Å². The van der Waals surface area contributed by atoms with Gasteiger partial charge in [0.15, 0.2) is 11.3 Å². The van der Waals surface area contributed by atoms with E-state index in [9.17, 15) is 34.8 Å². The summed E-state index contributed by atoms with van der Waals surface area (Å²) in [7, 11) is -3.93. The van der Waals surface area contributed by atoms with Crippen molar-refractivity contribution in [1.29, 1.82) is 0 Å². The Hall–Kier alpha value is -3.41. The number of halogens is 6. The van der Waals surface area contributed by atoms with Crippen LogP contribution in [0.5, 0.6) is 0 Å². The number of rotatable bonds is 2. The van der Waals surface area contributed by atoms with Crippen LogP contribution in [0.2, 0.25) is 0 Å². The quantitative estimate of drug-likeness (QED) is 0.313. The molecule has 4 rings (SSSR count). The Morgan fingerprint density at radius 2 is 1.68 bits per heavy atom. The van der Waals surface area contributed by atoms with Gasteiger partial charge in [0.05, 0.1) is 16.1 Å². The van der Waals surface area contributed by atoms with Crippen molar-refractivity contribution in [2.75, 3.05) is 0 Å². The summed E-state index contributed by atoms with van der Waals surface area (Å²) < 4.78 is 103. The zero-order valence-electron chi connectivity index (χ0n) is 16.4. The minimum Gasteiger partial charge on any atom is -0.228 e. The highest BCUT2D eigenvalue weighted by Gasteiger charge is 2.36. The van der Waals surface area contributed by atoms with Crippen LogP contribution >= 0.6 is 11.3 Å². The molecule has 1 aromatic carbocycles. The van der Waals surface area contributed by atoms with E-state index < -0.39 is 33.6 Å². The summed E-state index contributed by atoms with van der Waals surface area (Å²) in [6, 6.07) is 8.13. The van der Waals surface area contributed by atoms with E-state index >= 15 is 0 Å². The lowest BCUT2D eigenvalue weighted by molar-refractivity contribution is -0.142. The molecule has 0 radical (unpaired) electrons. The Balaban J connectivity index is 1.81. The molecule has 0 amide bonds. The molecule has 0 unspecified atom stereocenters. The first kappa shape index (κ1) is 23.7. The Bertz CT molecular complexity index is 1570. The number of fused-ring (bicyclic) bond motifs is 1. The lowest BCUT2D eigenvalue weighted by Gasteiger charge is -2.12. The lowest BCUT2D eigenvalue weighted by atomic mass is 10.1. The maximum atomic E-state index is 13.7. The van der Waals surface area contributed by atoms with Crippen LogP contribution in [0.25, 0.3) is 16.9 Å². The predicted molar refractivity (Wildman–Crippen MR) is 110 cm³/mol. The summed E-state index contributed by atoms with van der Waals surface area (Å²) in [5.41, 5.74) is -3.19. The number of aromatic nitrogens is 3. The monoisotopic (exact) mass is 516 g/mol. The summed E-state index contributed by atoms with van der Waals surface area (Å²) in [5.74, 6) is 5.10. The molecular formula is C20H10F6N4O2S2. The summed E-state index contributed by atoms with van der Waals surface area (Å²) >= 11 is 0.768. The standard InChI is InChI=1S/C20H10F6N4O2S2/c21-19(22,23)12-3-1-2-11(8-12)15-10-16(20(24,25)26)30-17(28-15)9-13(29-30)4-5-14-6-7-18(33-14)34(27,31)32/h1-3,6-10H,(H2,27,31,32). The van der Waals surface area contributed by atoms with Crippen LogP contribution in [0.4, 0.5) is 26.3 Å². The first-order valence-electron chi connectivity index (χ1n) is 9.02. The zero-order valence-corrected chi connectivity index (χ0v) is 18.1. The van der Waals surface area contributed by atoms with Gasteiger partial charge >= 0.3 is 12.4 Å². The maximum Gasteiger partial charge on any atom is 0.433 e. The second-order valence-electron chi connectivity index (χ2n) is 6.82. The van der Waals surface area contributed by atoms with Gasteiger partial charge in [0, 0.05) is 11.6 Å². The second-order valence-corrected chi connectivity index (χ2v) is 9.69. The van der Waals surface area contributed by atoms with Gasteiger partial charge in [0.1, 0.15) is 9.90 Å². The summed E-state index contributed by atoms with van der Waals surface area (Å²) in [4.78, 5) is 4.30. The molecule has 0 aliphatic heterocycles. The molecule has 0 saturated carbocycles. The van der Waals surface area contributed by atoms with Crippen molar-refractivity contribution in [3.8, 4) is 23.1 Å². The number of nitrogens with two attached hydrogens (primary N) is 1. The third kappa shape index (κ3) is 4.91. The SMILES string of the molecule is NS(=O)(=O)c1ccc(C#Cc2cc3nc(-c4cccc(C(F)(F)F)c4)cc(C(F)(F)F)n3n2)s1. The van der Waals surface area contributed by atoms with E-state index in [0.29, 0.717) is 16.6 Å². The predicted octanol–water partition coefficient (Wildman–Crippen LogP) is 4.54. The van der Waals surface area contributed by atoms with Gasteiger partial charge in [0.25, 0.3) is 0 Å². The number of primary sulfonamides is 1. The van der Waals surface area contributed by atoms with Crippen LogP contribution in [0, 0.1) is 11.8 Å². The van der Waals surface area contributed by atoms with Gasteiger partial charge in [-0.25, -0.2) is 23.1 Å². The molecule has 0 aliphatic carbocycles. The fourth-order valence-electron chi connectivity index (χ4n) is 2.91. The molecule has 4 aromatic rings. The van der Waals surface area contributed by atoms with Crippen molar-refractivity contribution in [3.05, 3.63) is 70.4 Å². The van der Waals surface area contributed by atoms with E-state index in [0.717, 1.165) is 29.5 Å². The molecule has 176 valence electrons. The molecule has 14 heteroatoms. The number of thiophene rings is 1. The van der Waals surface area contributed by atoms with Gasteiger partial charge < -0.3 is 0 Å². The molecule has 0 fully saturated rings. The van der Waals surface area contributed by atoms with E-state index in [4.69, 9.17) is 5.14 Å². The van der Waals surface area contributed by atoms with E-state index in [2.05, 4.69) is 21.9 Å². The molecule has 0 spiro atoms. The average Bonchev–Trinajstić information content (AvgIpc) is 3.36. The van der Waals surface area contributed by atoms with E-state index in [-0.39, 0.29) is 31.7 Å². The van der Waals surface area contributed by atoms with Gasteiger partial charge in [-0.15, -0.1) is 11.3 Å². The van der Waals surface area contributed by atoms with Crippen LogP contribution in [-0.2, 0) is 22.4 Å². The summed E-state index contributed by atoms with van der Waals surface area (Å²) in [5, 5.41) is 8.81. The lowest BCUT2D eigenvalue weighted by Crippen LogP contribution is -2.14. The number of benzene rings is 1. The van der Waals surface area contributed by atoms with E-state index in [1.807, 2.05) is 0 Å². The van der Waals surface area contributed by atoms with Gasteiger partial charge in [-0.05, 0) is 42.2 Å². The van der Waals surface area contributed by atoms with Gasteiger partial charge in [0.2, 0.25) is 10.0 Å². The molecule has 2 N–H and O–H groups in total. The fraction of sp³-hybridized carbons (Fsp3) is 0.100. The minimum absolute atomic E-state index is 0.121. The highest BCUT2D eigenvalue weighted by Crippen LogP contribution is 2.35. The second kappa shape index (κ2) is 8.12. The van der Waals surface area contributed by atoms with E-state index in [1.54, 1.807) is 0 Å². The van der Waals surface area contributed by atoms with Crippen LogP contribution in [0.15, 0.2) is 52.7 Å². The Morgan fingerprint density at radius 1 is 0.941 bits per heavy atom. The molecule has 3 heterocycles. The summed E-state index contributed by atoms with van der Waals surface area (Å²) in [6.07, 6.45) is -9.58. The van der Waals surface area contributed by atoms with Gasteiger partial charge in [-0.3, -0.25) is 0 Å². The van der Waals surface area contributed by atoms with Crippen LogP contribution in [-0.4, -0.2) is 23.0 Å². The Morgan fingerprint density at radius 3 is 2.29 bits per heavy atom. The third-order valence-corrected chi connectivity index (χ3v) is 6.82. The number of hydrogen-bond donors (Lipinski definition) is 1. The van der Waals surface area contributed by atoms with Crippen LogP contribution in [0.1, 0.15) is 21.8 Å². The van der Waals surface area contributed by atoms with Crippen molar-refractivity contribution in [2.24, 2.45) is 5.14 Å². The van der Waals surface area contributed by atoms with Gasteiger partial charge in [-0.2, -0.15) is 31.4 Å². The summed E-state index contributed by atoms with van der Waals surface area (Å²) in [6.45, 7) is 0. The Kier molecular flexibility index (Phi) is 5.67. The molecule has 0 aliphatic rings.